The van der Waals surface area contributed by atoms with E-state index in [1.54, 1.807) is 25.6 Å². The first kappa shape index (κ1) is 15.2. The average Bonchev–Trinajstić information content (AvgIpc) is 3.03. The number of fused-ring (bicyclic) bond motifs is 1. The van der Waals surface area contributed by atoms with Gasteiger partial charge in [-0.2, -0.15) is 0 Å². The number of piperidine rings is 1. The molecule has 0 radical (unpaired) electrons. The Morgan fingerprint density at radius 3 is 3.05 bits per heavy atom. The van der Waals surface area contributed by atoms with Crippen molar-refractivity contribution in [2.24, 2.45) is 11.8 Å². The van der Waals surface area contributed by atoms with Crippen LogP contribution in [0.15, 0.2) is 18.5 Å². The van der Waals surface area contributed by atoms with Gasteiger partial charge < -0.3 is 19.7 Å². The summed E-state index contributed by atoms with van der Waals surface area (Å²) in [5, 5.41) is 2.95. The molecule has 1 N–H and O–H groups in total. The molecule has 3 heterocycles. The number of carbonyl (C=O) groups is 1. The highest BCUT2D eigenvalue weighted by atomic mass is 16.5. The van der Waals surface area contributed by atoms with Crippen molar-refractivity contribution in [2.45, 2.75) is 12.5 Å². The predicted molar refractivity (Wildman–Crippen MR) is 80.5 cm³/mol. The number of hydrogen-bond donors (Lipinski definition) is 1. The number of methoxy groups -OCH3 is 1. The minimum absolute atomic E-state index is 0.0678. The van der Waals surface area contributed by atoms with E-state index in [0.29, 0.717) is 25.6 Å². The number of amides is 1. The third-order valence-electron chi connectivity index (χ3n) is 4.37. The molecule has 3 atom stereocenters. The van der Waals surface area contributed by atoms with E-state index >= 15 is 0 Å². The lowest BCUT2D eigenvalue weighted by Crippen LogP contribution is -2.53. The molecule has 7 heteroatoms. The second kappa shape index (κ2) is 7.02. The topological polar surface area (TPSA) is 76.6 Å². The van der Waals surface area contributed by atoms with Crippen LogP contribution in [0.5, 0.6) is 0 Å². The number of rotatable bonds is 5. The molecule has 0 unspecified atom stereocenters. The Bertz CT molecular complexity index is 499. The average molecular weight is 306 g/mol. The minimum Gasteiger partial charge on any atom is -0.383 e. The van der Waals surface area contributed by atoms with Crippen LogP contribution < -0.4 is 10.2 Å². The maximum atomic E-state index is 12.5. The van der Waals surface area contributed by atoms with Crippen LogP contribution in [-0.4, -0.2) is 61.9 Å². The number of nitrogens with one attached hydrogen (secondary N) is 1. The van der Waals surface area contributed by atoms with Crippen molar-refractivity contribution in [1.29, 1.82) is 0 Å². The van der Waals surface area contributed by atoms with Crippen molar-refractivity contribution in [1.82, 2.24) is 15.3 Å². The second-order valence-electron chi connectivity index (χ2n) is 5.71. The molecule has 22 heavy (non-hydrogen) atoms. The van der Waals surface area contributed by atoms with Crippen molar-refractivity contribution in [3.05, 3.63) is 18.5 Å². The summed E-state index contributed by atoms with van der Waals surface area (Å²) in [4.78, 5) is 23.1. The third kappa shape index (κ3) is 3.20. The monoisotopic (exact) mass is 306 g/mol. The molecular formula is C15H22N4O3. The quantitative estimate of drug-likeness (QED) is 0.777. The fourth-order valence-corrected chi connectivity index (χ4v) is 3.28. The lowest BCUT2D eigenvalue weighted by molar-refractivity contribution is -0.128. The zero-order valence-corrected chi connectivity index (χ0v) is 12.8. The molecule has 120 valence electrons. The molecule has 0 spiro atoms. The van der Waals surface area contributed by atoms with Crippen LogP contribution in [0.3, 0.4) is 0 Å². The molecule has 2 saturated heterocycles. The zero-order valence-electron chi connectivity index (χ0n) is 12.8. The molecule has 3 rings (SSSR count). The van der Waals surface area contributed by atoms with E-state index < -0.39 is 0 Å². The second-order valence-corrected chi connectivity index (χ2v) is 5.71. The van der Waals surface area contributed by atoms with E-state index in [2.05, 4.69) is 15.3 Å². The number of hydrogen-bond acceptors (Lipinski definition) is 6. The lowest BCUT2D eigenvalue weighted by atomic mass is 9.82. The van der Waals surface area contributed by atoms with Gasteiger partial charge in [0.05, 0.1) is 18.6 Å². The van der Waals surface area contributed by atoms with E-state index in [1.165, 1.54) is 0 Å². The molecular weight excluding hydrogens is 284 g/mol. The van der Waals surface area contributed by atoms with Crippen LogP contribution in [0.25, 0.3) is 0 Å². The summed E-state index contributed by atoms with van der Waals surface area (Å²) < 4.78 is 10.8. The summed E-state index contributed by atoms with van der Waals surface area (Å²) in [5.74, 6) is 0.911. The molecule has 7 nitrogen and oxygen atoms in total. The van der Waals surface area contributed by atoms with Gasteiger partial charge in [-0.05, 0) is 12.5 Å². The molecule has 2 fully saturated rings. The molecule has 2 aliphatic rings. The van der Waals surface area contributed by atoms with E-state index in [1.807, 2.05) is 4.90 Å². The summed E-state index contributed by atoms with van der Waals surface area (Å²) in [6.45, 7) is 3.16. The summed E-state index contributed by atoms with van der Waals surface area (Å²) in [7, 11) is 1.63. The molecule has 1 aromatic heterocycles. The van der Waals surface area contributed by atoms with E-state index in [4.69, 9.17) is 9.47 Å². The summed E-state index contributed by atoms with van der Waals surface area (Å²) in [5.41, 5.74) is 0. The van der Waals surface area contributed by atoms with E-state index in [0.717, 1.165) is 19.6 Å². The molecule has 0 saturated carbocycles. The van der Waals surface area contributed by atoms with Crippen LogP contribution in [0.4, 0.5) is 5.95 Å². The van der Waals surface area contributed by atoms with Gasteiger partial charge in [-0.15, -0.1) is 0 Å². The number of ether oxygens (including phenoxy) is 2. The van der Waals surface area contributed by atoms with Gasteiger partial charge in [-0.3, -0.25) is 4.79 Å². The van der Waals surface area contributed by atoms with Crippen molar-refractivity contribution in [3.8, 4) is 0 Å². The van der Waals surface area contributed by atoms with Crippen molar-refractivity contribution in [3.63, 3.8) is 0 Å². The van der Waals surface area contributed by atoms with Gasteiger partial charge in [0.2, 0.25) is 11.9 Å². The largest absolute Gasteiger partial charge is 0.383 e. The smallest absolute Gasteiger partial charge is 0.225 e. The number of carbonyl (C=O) groups excluding carboxylic acids is 1. The molecule has 0 bridgehead atoms. The zero-order chi connectivity index (χ0) is 15.4. The lowest BCUT2D eigenvalue weighted by Gasteiger charge is -2.39. The Balaban J connectivity index is 1.71. The Morgan fingerprint density at radius 1 is 1.45 bits per heavy atom. The first-order chi connectivity index (χ1) is 10.8. The minimum atomic E-state index is -0.0955. The number of anilines is 1. The maximum Gasteiger partial charge on any atom is 0.225 e. The SMILES string of the molecule is COCCNC(=O)[C@H]1CN(c2ncccn2)C[C@H]2OCC[C@@H]12. The van der Waals surface area contributed by atoms with Crippen molar-refractivity contribution >= 4 is 11.9 Å². The Labute approximate surface area is 130 Å². The molecule has 1 aromatic rings. The van der Waals surface area contributed by atoms with Crippen molar-refractivity contribution in [2.75, 3.05) is 44.9 Å². The van der Waals surface area contributed by atoms with E-state index in [9.17, 15) is 4.79 Å². The predicted octanol–water partition coefficient (Wildman–Crippen LogP) is 0.0805. The van der Waals surface area contributed by atoms with Crippen LogP contribution in [0, 0.1) is 11.8 Å². The molecule has 0 aromatic carbocycles. The number of aromatic nitrogens is 2. The highest BCUT2D eigenvalue weighted by Crippen LogP contribution is 2.34. The number of nitrogens with zero attached hydrogens (tertiary/aromatic N) is 3. The standard InChI is InChI=1S/C15H22N4O3/c1-21-8-6-16-14(20)12-9-19(15-17-4-2-5-18-15)10-13-11(12)3-7-22-13/h2,4-5,11-13H,3,6-10H2,1H3,(H,16,20)/t11-,12-,13+/m0/s1. The van der Waals surface area contributed by atoms with Crippen LogP contribution in [0.1, 0.15) is 6.42 Å². The summed E-state index contributed by atoms with van der Waals surface area (Å²) >= 11 is 0. The first-order valence-corrected chi connectivity index (χ1v) is 7.70. The Hall–Kier alpha value is -1.73. The molecule has 2 aliphatic heterocycles. The molecule has 1 amide bonds. The van der Waals surface area contributed by atoms with Crippen LogP contribution in [-0.2, 0) is 14.3 Å². The highest BCUT2D eigenvalue weighted by molar-refractivity contribution is 5.80. The normalized spacial score (nSPS) is 27.5. The first-order valence-electron chi connectivity index (χ1n) is 7.70. The van der Waals surface area contributed by atoms with Gasteiger partial charge in [0.1, 0.15) is 0 Å². The summed E-state index contributed by atoms with van der Waals surface area (Å²) in [6, 6.07) is 1.79. The third-order valence-corrected chi connectivity index (χ3v) is 4.37. The van der Waals surface area contributed by atoms with Gasteiger partial charge in [0.15, 0.2) is 0 Å². The van der Waals surface area contributed by atoms with E-state index in [-0.39, 0.29) is 23.8 Å². The van der Waals surface area contributed by atoms with Gasteiger partial charge in [0, 0.05) is 51.7 Å². The summed E-state index contributed by atoms with van der Waals surface area (Å²) in [6.07, 6.45) is 4.46. The van der Waals surface area contributed by atoms with Crippen LogP contribution >= 0.6 is 0 Å². The van der Waals surface area contributed by atoms with Gasteiger partial charge in [-0.1, -0.05) is 0 Å². The molecule has 0 aliphatic carbocycles. The van der Waals surface area contributed by atoms with Gasteiger partial charge in [0.25, 0.3) is 0 Å². The van der Waals surface area contributed by atoms with Gasteiger partial charge >= 0.3 is 0 Å². The fourth-order valence-electron chi connectivity index (χ4n) is 3.28. The Kier molecular flexibility index (Phi) is 4.84. The Morgan fingerprint density at radius 2 is 2.27 bits per heavy atom. The van der Waals surface area contributed by atoms with Gasteiger partial charge in [-0.25, -0.2) is 9.97 Å². The maximum absolute atomic E-state index is 12.5. The van der Waals surface area contributed by atoms with Crippen molar-refractivity contribution < 1.29 is 14.3 Å². The van der Waals surface area contributed by atoms with Crippen LogP contribution in [0.2, 0.25) is 0 Å². The fraction of sp³-hybridized carbons (Fsp3) is 0.667. The highest BCUT2D eigenvalue weighted by Gasteiger charge is 2.44.